The summed E-state index contributed by atoms with van der Waals surface area (Å²) in [4.78, 5) is 13.6. The fraction of sp³-hybridized carbons (Fsp3) is 0.261. The quantitative estimate of drug-likeness (QED) is 0.501. The molecule has 6 nitrogen and oxygen atoms in total. The molecule has 30 heavy (non-hydrogen) atoms. The summed E-state index contributed by atoms with van der Waals surface area (Å²) in [5.41, 5.74) is 3.51. The average Bonchev–Trinajstić information content (AvgIpc) is 3.24. The van der Waals surface area contributed by atoms with E-state index in [1.807, 2.05) is 23.6 Å². The van der Waals surface area contributed by atoms with E-state index >= 15 is 0 Å². The van der Waals surface area contributed by atoms with E-state index in [1.54, 1.807) is 6.33 Å². The van der Waals surface area contributed by atoms with Crippen LogP contribution in [0.3, 0.4) is 0 Å². The molecule has 0 spiro atoms. The predicted octanol–water partition coefficient (Wildman–Crippen LogP) is 4.00. The van der Waals surface area contributed by atoms with E-state index < -0.39 is 0 Å². The van der Waals surface area contributed by atoms with Gasteiger partial charge in [0.15, 0.2) is 0 Å². The first kappa shape index (κ1) is 19.0. The number of rotatable bonds is 4. The Kier molecular flexibility index (Phi) is 5.11. The van der Waals surface area contributed by atoms with Gasteiger partial charge in [-0.2, -0.15) is 14.6 Å². The third-order valence-electron chi connectivity index (χ3n) is 5.67. The van der Waals surface area contributed by atoms with Gasteiger partial charge in [-0.25, -0.2) is 4.98 Å². The number of benzene rings is 2. The highest BCUT2D eigenvalue weighted by Gasteiger charge is 2.27. The van der Waals surface area contributed by atoms with E-state index in [0.29, 0.717) is 5.78 Å². The zero-order valence-electron chi connectivity index (χ0n) is 16.8. The van der Waals surface area contributed by atoms with Gasteiger partial charge in [-0.05, 0) is 30.2 Å². The first-order valence-electron chi connectivity index (χ1n) is 10.2. The zero-order chi connectivity index (χ0) is 20.5. The van der Waals surface area contributed by atoms with Crippen LogP contribution in [0.25, 0.3) is 5.78 Å². The molecule has 0 saturated carbocycles. The number of anilines is 1. The largest absolute Gasteiger partial charge is 0.354 e. The molecule has 1 saturated heterocycles. The predicted molar refractivity (Wildman–Crippen MR) is 119 cm³/mol. The molecular weight excluding hydrogens is 396 g/mol. The van der Waals surface area contributed by atoms with Crippen molar-refractivity contribution in [3.63, 3.8) is 0 Å². The number of fused-ring (bicyclic) bond motifs is 1. The molecule has 1 aliphatic heterocycles. The van der Waals surface area contributed by atoms with Gasteiger partial charge in [0.25, 0.3) is 5.78 Å². The van der Waals surface area contributed by atoms with Crippen molar-refractivity contribution in [2.24, 2.45) is 0 Å². The minimum Gasteiger partial charge on any atom is -0.354 e. The maximum atomic E-state index is 6.15. The number of aromatic nitrogens is 4. The van der Waals surface area contributed by atoms with Crippen LogP contribution in [-0.4, -0.2) is 50.7 Å². The average molecular weight is 419 g/mol. The van der Waals surface area contributed by atoms with Crippen LogP contribution in [-0.2, 0) is 0 Å². The maximum absolute atomic E-state index is 6.15. The zero-order valence-corrected chi connectivity index (χ0v) is 17.6. The van der Waals surface area contributed by atoms with Crippen LogP contribution < -0.4 is 4.90 Å². The van der Waals surface area contributed by atoms with Crippen LogP contribution in [0.1, 0.15) is 22.9 Å². The van der Waals surface area contributed by atoms with Crippen LogP contribution in [0.5, 0.6) is 0 Å². The molecule has 3 heterocycles. The highest BCUT2D eigenvalue weighted by Crippen LogP contribution is 2.31. The summed E-state index contributed by atoms with van der Waals surface area (Å²) >= 11 is 6.15. The monoisotopic (exact) mass is 418 g/mol. The highest BCUT2D eigenvalue weighted by molar-refractivity contribution is 6.30. The van der Waals surface area contributed by atoms with Gasteiger partial charge in [0, 0.05) is 43.0 Å². The summed E-state index contributed by atoms with van der Waals surface area (Å²) in [6.45, 7) is 5.71. The van der Waals surface area contributed by atoms with Gasteiger partial charge in [-0.1, -0.05) is 54.1 Å². The summed E-state index contributed by atoms with van der Waals surface area (Å²) in [5.74, 6) is 1.70. The summed E-state index contributed by atoms with van der Waals surface area (Å²) < 4.78 is 1.83. The van der Waals surface area contributed by atoms with Gasteiger partial charge in [-0.3, -0.25) is 4.90 Å². The first-order chi connectivity index (χ1) is 14.7. The van der Waals surface area contributed by atoms with Crippen molar-refractivity contribution < 1.29 is 0 Å². The maximum Gasteiger partial charge on any atom is 0.254 e. The van der Waals surface area contributed by atoms with Crippen molar-refractivity contribution in [1.29, 1.82) is 0 Å². The van der Waals surface area contributed by atoms with E-state index in [4.69, 9.17) is 11.6 Å². The molecule has 5 rings (SSSR count). The number of nitrogens with zero attached hydrogens (tertiary/aromatic N) is 6. The van der Waals surface area contributed by atoms with Crippen molar-refractivity contribution in [1.82, 2.24) is 24.5 Å². The lowest BCUT2D eigenvalue weighted by atomic mass is 9.96. The number of halogens is 1. The Balaban J connectivity index is 1.42. The van der Waals surface area contributed by atoms with Crippen molar-refractivity contribution in [3.05, 3.63) is 88.8 Å². The lowest BCUT2D eigenvalue weighted by Crippen LogP contribution is -2.48. The molecule has 0 radical (unpaired) electrons. The Hall–Kier alpha value is -2.96. The van der Waals surface area contributed by atoms with Gasteiger partial charge in [-0.15, -0.1) is 0 Å². The van der Waals surface area contributed by atoms with Crippen molar-refractivity contribution in [2.45, 2.75) is 13.0 Å². The van der Waals surface area contributed by atoms with Gasteiger partial charge in [0.1, 0.15) is 12.1 Å². The molecule has 0 amide bonds. The molecule has 1 aliphatic rings. The van der Waals surface area contributed by atoms with Crippen LogP contribution in [0, 0.1) is 6.92 Å². The van der Waals surface area contributed by atoms with E-state index in [1.165, 1.54) is 11.1 Å². The van der Waals surface area contributed by atoms with E-state index in [-0.39, 0.29) is 6.04 Å². The second kappa shape index (κ2) is 8.05. The van der Waals surface area contributed by atoms with E-state index in [9.17, 15) is 0 Å². The number of piperazine rings is 1. The second-order valence-corrected chi connectivity index (χ2v) is 8.05. The highest BCUT2D eigenvalue weighted by atomic mass is 35.5. The van der Waals surface area contributed by atoms with Crippen LogP contribution >= 0.6 is 11.6 Å². The molecule has 2 aromatic heterocycles. The third-order valence-corrected chi connectivity index (χ3v) is 5.92. The molecule has 4 aromatic rings. The fourth-order valence-electron chi connectivity index (χ4n) is 4.24. The SMILES string of the molecule is Cc1cc(N2CCN([C@H](c3ccccc3)c3ccc(Cl)cc3)CC2)n2ncnc2n1. The molecular formula is C23H23ClN6. The standard InChI is InChI=1S/C23H23ClN6/c1-17-15-21(30-23(27-17)25-16-26-30)28-11-13-29(14-12-28)22(18-5-3-2-4-6-18)19-7-9-20(24)10-8-19/h2-10,15-16,22H,11-14H2,1H3/t22-/m1/s1. The van der Waals surface area contributed by atoms with Crippen molar-refractivity contribution >= 4 is 23.2 Å². The van der Waals surface area contributed by atoms with Crippen LogP contribution in [0.4, 0.5) is 5.82 Å². The molecule has 1 atom stereocenters. The van der Waals surface area contributed by atoms with Crippen molar-refractivity contribution in [2.75, 3.05) is 31.1 Å². The third kappa shape index (κ3) is 3.64. The molecule has 1 fully saturated rings. The van der Waals surface area contributed by atoms with Crippen LogP contribution in [0.15, 0.2) is 67.0 Å². The summed E-state index contributed by atoms with van der Waals surface area (Å²) in [6.07, 6.45) is 1.56. The van der Waals surface area contributed by atoms with E-state index in [0.717, 1.165) is 42.7 Å². The molecule has 152 valence electrons. The van der Waals surface area contributed by atoms with Gasteiger partial charge < -0.3 is 4.90 Å². The van der Waals surface area contributed by atoms with Crippen LogP contribution in [0.2, 0.25) is 5.02 Å². The topological polar surface area (TPSA) is 49.6 Å². The Labute approximate surface area is 180 Å². The Bertz CT molecular complexity index is 1130. The minimum atomic E-state index is 0.205. The Morgan fingerprint density at radius 1 is 0.900 bits per heavy atom. The van der Waals surface area contributed by atoms with E-state index in [2.05, 4.69) is 73.4 Å². The van der Waals surface area contributed by atoms with Gasteiger partial charge in [0.2, 0.25) is 0 Å². The summed E-state index contributed by atoms with van der Waals surface area (Å²) in [5, 5.41) is 5.13. The Morgan fingerprint density at radius 3 is 2.33 bits per heavy atom. The normalized spacial score (nSPS) is 16.1. The summed E-state index contributed by atoms with van der Waals surface area (Å²) in [7, 11) is 0. The molecule has 2 aromatic carbocycles. The molecule has 0 N–H and O–H groups in total. The minimum absolute atomic E-state index is 0.205. The Morgan fingerprint density at radius 2 is 1.60 bits per heavy atom. The van der Waals surface area contributed by atoms with Gasteiger partial charge >= 0.3 is 0 Å². The first-order valence-corrected chi connectivity index (χ1v) is 10.5. The molecule has 0 unspecified atom stereocenters. The number of aryl methyl sites for hydroxylation is 1. The molecule has 0 bridgehead atoms. The lowest BCUT2D eigenvalue weighted by Gasteiger charge is -2.40. The second-order valence-electron chi connectivity index (χ2n) is 7.62. The van der Waals surface area contributed by atoms with Crippen molar-refractivity contribution in [3.8, 4) is 0 Å². The fourth-order valence-corrected chi connectivity index (χ4v) is 4.37. The lowest BCUT2D eigenvalue weighted by molar-refractivity contribution is 0.211. The number of hydrogen-bond acceptors (Lipinski definition) is 5. The van der Waals surface area contributed by atoms with Gasteiger partial charge in [0.05, 0.1) is 6.04 Å². The number of hydrogen-bond donors (Lipinski definition) is 0. The molecule has 0 aliphatic carbocycles. The smallest absolute Gasteiger partial charge is 0.254 e. The summed E-state index contributed by atoms with van der Waals surface area (Å²) in [6, 6.07) is 21.2. The molecule has 7 heteroatoms.